The molecule has 0 fully saturated rings. The van der Waals surface area contributed by atoms with Crippen molar-refractivity contribution in [3.05, 3.63) is 40.1 Å². The lowest BCUT2D eigenvalue weighted by Gasteiger charge is -1.99. The van der Waals surface area contributed by atoms with Crippen molar-refractivity contribution in [2.75, 3.05) is 0 Å². The average Bonchev–Trinajstić information content (AvgIpc) is 2.66. The van der Waals surface area contributed by atoms with E-state index in [-0.39, 0.29) is 0 Å². The largest absolute Gasteiger partial charge is 0.355 e. The second kappa shape index (κ2) is 2.95. The number of hydrogen-bond donors (Lipinski definition) is 0. The van der Waals surface area contributed by atoms with Crippen LogP contribution in [0.4, 0.5) is 0 Å². The van der Waals surface area contributed by atoms with Crippen LogP contribution in [0.5, 0.6) is 0 Å². The Bertz CT molecular complexity index is 615. The maximum atomic E-state index is 5.20. The minimum Gasteiger partial charge on any atom is -0.355 e. The van der Waals surface area contributed by atoms with Crippen molar-refractivity contribution in [3.63, 3.8) is 0 Å². The molecule has 0 aliphatic rings. The Kier molecular flexibility index (Phi) is 1.73. The molecule has 2 nitrogen and oxygen atoms in total. The summed E-state index contributed by atoms with van der Waals surface area (Å²) in [7, 11) is 0. The van der Waals surface area contributed by atoms with Gasteiger partial charge in [-0.25, -0.2) is 0 Å². The van der Waals surface area contributed by atoms with Crippen LogP contribution in [-0.4, -0.2) is 5.16 Å². The summed E-state index contributed by atoms with van der Waals surface area (Å²) < 4.78 is 6.33. The van der Waals surface area contributed by atoms with E-state index in [2.05, 4.69) is 45.9 Å². The van der Waals surface area contributed by atoms with Crippen LogP contribution in [0.25, 0.3) is 21.7 Å². The molecule has 0 bridgehead atoms. The molecule has 0 saturated carbocycles. The molecule has 68 valence electrons. The minimum atomic E-state index is 0.879. The number of nitrogens with zero attached hydrogens (tertiary/aromatic N) is 1. The van der Waals surface area contributed by atoms with Crippen LogP contribution in [0.2, 0.25) is 0 Å². The number of halogens is 1. The highest BCUT2D eigenvalue weighted by molar-refractivity contribution is 14.1. The Morgan fingerprint density at radius 3 is 2.93 bits per heavy atom. The second-order valence-electron chi connectivity index (χ2n) is 3.16. The standard InChI is InChI=1S/C11H6INO/c12-10-9-4-2-1-3-7(9)5-8-6-13-14-11(8)10/h1-6H. The van der Waals surface area contributed by atoms with E-state index in [1.807, 2.05) is 12.1 Å². The molecule has 0 unspecified atom stereocenters. The third kappa shape index (κ3) is 1.05. The molecular formula is C11H6INO. The van der Waals surface area contributed by atoms with Crippen molar-refractivity contribution in [1.82, 2.24) is 5.16 Å². The zero-order valence-electron chi connectivity index (χ0n) is 7.20. The quantitative estimate of drug-likeness (QED) is 0.592. The van der Waals surface area contributed by atoms with E-state index in [1.54, 1.807) is 6.20 Å². The van der Waals surface area contributed by atoms with Crippen LogP contribution in [0.1, 0.15) is 0 Å². The van der Waals surface area contributed by atoms with Gasteiger partial charge in [0.15, 0.2) is 5.58 Å². The summed E-state index contributed by atoms with van der Waals surface area (Å²) in [6.45, 7) is 0. The first kappa shape index (κ1) is 8.23. The number of benzene rings is 2. The molecule has 0 aliphatic carbocycles. The van der Waals surface area contributed by atoms with Gasteiger partial charge in [-0.15, -0.1) is 0 Å². The van der Waals surface area contributed by atoms with E-state index in [0.29, 0.717) is 0 Å². The first-order valence-corrected chi connectivity index (χ1v) is 5.36. The average molecular weight is 295 g/mol. The predicted octanol–water partition coefficient (Wildman–Crippen LogP) is 3.59. The zero-order valence-corrected chi connectivity index (χ0v) is 9.36. The van der Waals surface area contributed by atoms with E-state index in [1.165, 1.54) is 10.8 Å². The Morgan fingerprint density at radius 1 is 1.14 bits per heavy atom. The maximum Gasteiger partial charge on any atom is 0.180 e. The van der Waals surface area contributed by atoms with E-state index in [4.69, 9.17) is 4.52 Å². The van der Waals surface area contributed by atoms with Crippen molar-refractivity contribution in [3.8, 4) is 0 Å². The molecule has 0 saturated heterocycles. The molecular weight excluding hydrogens is 289 g/mol. The van der Waals surface area contributed by atoms with Gasteiger partial charge in [-0.3, -0.25) is 0 Å². The first-order chi connectivity index (χ1) is 6.86. The van der Waals surface area contributed by atoms with Gasteiger partial charge >= 0.3 is 0 Å². The van der Waals surface area contributed by atoms with E-state index < -0.39 is 0 Å². The highest BCUT2D eigenvalue weighted by Crippen LogP contribution is 2.29. The van der Waals surface area contributed by atoms with E-state index in [9.17, 15) is 0 Å². The smallest absolute Gasteiger partial charge is 0.180 e. The van der Waals surface area contributed by atoms with Gasteiger partial charge < -0.3 is 4.52 Å². The fourth-order valence-corrected chi connectivity index (χ4v) is 2.53. The molecule has 3 rings (SSSR count). The summed E-state index contributed by atoms with van der Waals surface area (Å²) >= 11 is 2.30. The predicted molar refractivity (Wildman–Crippen MR) is 64.2 cm³/mol. The molecule has 0 N–H and O–H groups in total. The summed E-state index contributed by atoms with van der Waals surface area (Å²) in [6, 6.07) is 10.4. The molecule has 0 radical (unpaired) electrons. The van der Waals surface area contributed by atoms with Gasteiger partial charge in [0.25, 0.3) is 0 Å². The van der Waals surface area contributed by atoms with Crippen LogP contribution in [0.3, 0.4) is 0 Å². The minimum absolute atomic E-state index is 0.879. The fourth-order valence-electron chi connectivity index (χ4n) is 1.63. The van der Waals surface area contributed by atoms with Crippen molar-refractivity contribution in [2.45, 2.75) is 0 Å². The number of hydrogen-bond acceptors (Lipinski definition) is 2. The monoisotopic (exact) mass is 295 g/mol. The number of aromatic nitrogens is 1. The summed E-state index contributed by atoms with van der Waals surface area (Å²) in [4.78, 5) is 0. The van der Waals surface area contributed by atoms with Crippen molar-refractivity contribution < 1.29 is 4.52 Å². The lowest BCUT2D eigenvalue weighted by molar-refractivity contribution is 0.455. The molecule has 14 heavy (non-hydrogen) atoms. The second-order valence-corrected chi connectivity index (χ2v) is 4.23. The third-order valence-corrected chi connectivity index (χ3v) is 3.38. The van der Waals surface area contributed by atoms with Crippen molar-refractivity contribution in [2.24, 2.45) is 0 Å². The van der Waals surface area contributed by atoms with Crippen LogP contribution >= 0.6 is 22.6 Å². The van der Waals surface area contributed by atoms with E-state index in [0.717, 1.165) is 14.5 Å². The normalized spacial score (nSPS) is 11.2. The molecule has 2 aromatic carbocycles. The van der Waals surface area contributed by atoms with Crippen molar-refractivity contribution >= 4 is 44.3 Å². The SMILES string of the molecule is Ic1c2ccccc2cc2cnoc12. The highest BCUT2D eigenvalue weighted by Gasteiger charge is 2.07. The van der Waals surface area contributed by atoms with Gasteiger partial charge in [0.05, 0.1) is 9.77 Å². The Labute approximate surface area is 94.0 Å². The summed E-state index contributed by atoms with van der Waals surface area (Å²) in [5.41, 5.74) is 0.879. The molecule has 1 heterocycles. The number of fused-ring (bicyclic) bond motifs is 2. The van der Waals surface area contributed by atoms with Gasteiger partial charge in [-0.05, 0) is 39.4 Å². The number of rotatable bonds is 0. The van der Waals surface area contributed by atoms with Gasteiger partial charge in [-0.1, -0.05) is 29.4 Å². The molecule has 3 aromatic rings. The molecule has 1 aromatic heterocycles. The summed E-state index contributed by atoms with van der Waals surface area (Å²) in [5, 5.41) is 7.32. The first-order valence-electron chi connectivity index (χ1n) is 4.28. The van der Waals surface area contributed by atoms with Crippen molar-refractivity contribution in [1.29, 1.82) is 0 Å². The van der Waals surface area contributed by atoms with Crippen LogP contribution < -0.4 is 0 Å². The van der Waals surface area contributed by atoms with E-state index >= 15 is 0 Å². The van der Waals surface area contributed by atoms with Crippen LogP contribution in [-0.2, 0) is 0 Å². The maximum absolute atomic E-state index is 5.20. The molecule has 3 heteroatoms. The van der Waals surface area contributed by atoms with Gasteiger partial charge in [0.2, 0.25) is 0 Å². The highest BCUT2D eigenvalue weighted by atomic mass is 127. The summed E-state index contributed by atoms with van der Waals surface area (Å²) in [5.74, 6) is 0. The van der Waals surface area contributed by atoms with Crippen LogP contribution in [0, 0.1) is 3.57 Å². The third-order valence-electron chi connectivity index (χ3n) is 2.31. The van der Waals surface area contributed by atoms with Gasteiger partial charge in [0, 0.05) is 5.39 Å². The van der Waals surface area contributed by atoms with Crippen LogP contribution in [0.15, 0.2) is 41.1 Å². The molecule has 0 spiro atoms. The molecule has 0 atom stereocenters. The fraction of sp³-hybridized carbons (Fsp3) is 0. The Hall–Kier alpha value is -1.10. The summed E-state index contributed by atoms with van der Waals surface area (Å²) in [6.07, 6.45) is 1.75. The molecule has 0 amide bonds. The lowest BCUT2D eigenvalue weighted by Crippen LogP contribution is -1.78. The Morgan fingerprint density at radius 2 is 2.00 bits per heavy atom. The lowest BCUT2D eigenvalue weighted by atomic mass is 10.1. The van der Waals surface area contributed by atoms with Gasteiger partial charge in [-0.2, -0.15) is 0 Å². The zero-order chi connectivity index (χ0) is 9.54. The molecule has 0 aliphatic heterocycles. The topological polar surface area (TPSA) is 26.0 Å². The Balaban J connectivity index is 2.63. The van der Waals surface area contributed by atoms with Gasteiger partial charge in [0.1, 0.15) is 0 Å².